The minimum absolute atomic E-state index is 0.0591. The zero-order valence-corrected chi connectivity index (χ0v) is 18.5. The number of amides is 1. The number of carbonyl (C=O) groups excluding carboxylic acids is 2. The Bertz CT molecular complexity index is 1370. The fraction of sp³-hybridized carbons (Fsp3) is 0.174. The van der Waals surface area contributed by atoms with Crippen molar-refractivity contribution in [3.05, 3.63) is 70.0 Å². The molecule has 0 unspecified atom stereocenters. The molecule has 3 aromatic carbocycles. The van der Waals surface area contributed by atoms with Crippen LogP contribution in [-0.4, -0.2) is 30.2 Å². The number of aromatic nitrogens is 1. The molecule has 1 aromatic heterocycles. The van der Waals surface area contributed by atoms with Crippen molar-refractivity contribution in [2.75, 3.05) is 13.7 Å². The van der Waals surface area contributed by atoms with Gasteiger partial charge in [-0.25, -0.2) is 0 Å². The Labute approximate surface area is 187 Å². The molecule has 0 aliphatic rings. The van der Waals surface area contributed by atoms with Gasteiger partial charge in [-0.3, -0.25) is 9.59 Å². The SMILES string of the molecule is CCOC(=O)Cn1c(=NC(=O)c2cc3ccccc3cc2OC)sc2cc(Cl)ccc21. The highest BCUT2D eigenvalue weighted by molar-refractivity contribution is 7.16. The molecule has 0 atom stereocenters. The van der Waals surface area contributed by atoms with Crippen LogP contribution in [0.25, 0.3) is 21.0 Å². The summed E-state index contributed by atoms with van der Waals surface area (Å²) in [7, 11) is 1.52. The van der Waals surface area contributed by atoms with Crippen LogP contribution in [-0.2, 0) is 16.1 Å². The molecule has 1 amide bonds. The number of carbonyl (C=O) groups is 2. The largest absolute Gasteiger partial charge is 0.496 e. The predicted octanol–water partition coefficient (Wildman–Crippen LogP) is 4.82. The molecule has 0 spiro atoms. The first kappa shape index (κ1) is 21.1. The molecule has 0 fully saturated rings. The van der Waals surface area contributed by atoms with Gasteiger partial charge >= 0.3 is 5.97 Å². The van der Waals surface area contributed by atoms with E-state index in [0.717, 1.165) is 21.0 Å². The molecule has 0 saturated carbocycles. The number of methoxy groups -OCH3 is 1. The maximum absolute atomic E-state index is 13.1. The molecule has 1 heterocycles. The zero-order valence-electron chi connectivity index (χ0n) is 16.9. The van der Waals surface area contributed by atoms with E-state index in [0.29, 0.717) is 21.1 Å². The summed E-state index contributed by atoms with van der Waals surface area (Å²) in [6.07, 6.45) is 0. The molecule has 0 radical (unpaired) electrons. The van der Waals surface area contributed by atoms with Crippen molar-refractivity contribution in [3.63, 3.8) is 0 Å². The summed E-state index contributed by atoms with van der Waals surface area (Å²) in [4.78, 5) is 30.0. The molecular weight excluding hydrogens is 436 g/mol. The number of benzene rings is 3. The van der Waals surface area contributed by atoms with Crippen molar-refractivity contribution in [3.8, 4) is 5.75 Å². The summed E-state index contributed by atoms with van der Waals surface area (Å²) in [6, 6.07) is 16.6. The van der Waals surface area contributed by atoms with Gasteiger partial charge in [0.15, 0.2) is 4.80 Å². The first-order valence-corrected chi connectivity index (χ1v) is 10.8. The minimum Gasteiger partial charge on any atom is -0.496 e. The Morgan fingerprint density at radius 3 is 2.55 bits per heavy atom. The molecule has 8 heteroatoms. The second-order valence-corrected chi connectivity index (χ2v) is 8.15. The molecule has 0 aliphatic carbocycles. The second kappa shape index (κ2) is 8.91. The van der Waals surface area contributed by atoms with Crippen LogP contribution in [0.2, 0.25) is 5.02 Å². The van der Waals surface area contributed by atoms with Crippen LogP contribution in [0.4, 0.5) is 0 Å². The van der Waals surface area contributed by atoms with E-state index >= 15 is 0 Å². The van der Waals surface area contributed by atoms with Crippen LogP contribution in [0.5, 0.6) is 5.75 Å². The third-order valence-corrected chi connectivity index (χ3v) is 6.01. The van der Waals surface area contributed by atoms with Gasteiger partial charge in [-0.05, 0) is 48.0 Å². The third kappa shape index (κ3) is 4.33. The van der Waals surface area contributed by atoms with Crippen molar-refractivity contribution >= 4 is 55.8 Å². The minimum atomic E-state index is -0.460. The monoisotopic (exact) mass is 454 g/mol. The maximum Gasteiger partial charge on any atom is 0.326 e. The van der Waals surface area contributed by atoms with Crippen LogP contribution in [0.15, 0.2) is 59.6 Å². The van der Waals surface area contributed by atoms with Gasteiger partial charge in [0.05, 0.1) is 29.5 Å². The summed E-state index contributed by atoms with van der Waals surface area (Å²) >= 11 is 7.40. The third-order valence-electron chi connectivity index (χ3n) is 4.73. The first-order valence-electron chi connectivity index (χ1n) is 9.60. The van der Waals surface area contributed by atoms with Gasteiger partial charge < -0.3 is 14.0 Å². The number of rotatable bonds is 5. The second-order valence-electron chi connectivity index (χ2n) is 6.70. The number of hydrogen-bond acceptors (Lipinski definition) is 5. The molecule has 158 valence electrons. The van der Waals surface area contributed by atoms with E-state index in [1.165, 1.54) is 18.4 Å². The molecule has 4 rings (SSSR count). The number of esters is 1. The number of fused-ring (bicyclic) bond motifs is 2. The van der Waals surface area contributed by atoms with Crippen LogP contribution in [0.3, 0.4) is 0 Å². The summed E-state index contributed by atoms with van der Waals surface area (Å²) < 4.78 is 13.0. The van der Waals surface area contributed by atoms with Gasteiger partial charge in [0, 0.05) is 5.02 Å². The van der Waals surface area contributed by atoms with Gasteiger partial charge in [-0.1, -0.05) is 47.2 Å². The van der Waals surface area contributed by atoms with Crippen LogP contribution in [0.1, 0.15) is 17.3 Å². The fourth-order valence-electron chi connectivity index (χ4n) is 3.32. The average Bonchev–Trinajstić information content (AvgIpc) is 3.08. The lowest BCUT2D eigenvalue weighted by Crippen LogP contribution is -2.23. The number of nitrogens with zero attached hydrogens (tertiary/aromatic N) is 2. The van der Waals surface area contributed by atoms with E-state index in [1.807, 2.05) is 30.3 Å². The fourth-order valence-corrected chi connectivity index (χ4v) is 4.63. The van der Waals surface area contributed by atoms with Crippen molar-refractivity contribution in [2.24, 2.45) is 4.99 Å². The van der Waals surface area contributed by atoms with Crippen molar-refractivity contribution in [1.29, 1.82) is 0 Å². The Morgan fingerprint density at radius 1 is 1.10 bits per heavy atom. The lowest BCUT2D eigenvalue weighted by molar-refractivity contribution is -0.143. The molecule has 6 nitrogen and oxygen atoms in total. The number of ether oxygens (including phenoxy) is 2. The van der Waals surface area contributed by atoms with Crippen molar-refractivity contribution in [2.45, 2.75) is 13.5 Å². The standard InChI is InChI=1S/C23H19ClN2O4S/c1-3-30-21(27)13-26-18-9-8-16(24)12-20(18)31-23(26)25-22(28)17-10-14-6-4-5-7-15(14)11-19(17)29-2/h4-12H,3,13H2,1-2H3. The van der Waals surface area contributed by atoms with E-state index < -0.39 is 11.9 Å². The summed E-state index contributed by atoms with van der Waals surface area (Å²) in [5.74, 6) is -0.430. The van der Waals surface area contributed by atoms with E-state index in [4.69, 9.17) is 21.1 Å². The van der Waals surface area contributed by atoms with Gasteiger partial charge in [0.25, 0.3) is 5.91 Å². The van der Waals surface area contributed by atoms with Gasteiger partial charge in [-0.2, -0.15) is 4.99 Å². The van der Waals surface area contributed by atoms with E-state index in [9.17, 15) is 9.59 Å². The number of hydrogen-bond donors (Lipinski definition) is 0. The highest BCUT2D eigenvalue weighted by atomic mass is 35.5. The Hall–Kier alpha value is -3.16. The zero-order chi connectivity index (χ0) is 22.0. The summed E-state index contributed by atoms with van der Waals surface area (Å²) in [6.45, 7) is 1.96. The molecule has 0 N–H and O–H groups in total. The Balaban J connectivity index is 1.86. The molecule has 0 saturated heterocycles. The Kier molecular flexibility index (Phi) is 6.06. The number of thiazole rings is 1. The summed E-state index contributed by atoms with van der Waals surface area (Å²) in [5.41, 5.74) is 1.10. The lowest BCUT2D eigenvalue weighted by atomic mass is 10.1. The number of halogens is 1. The normalized spacial score (nSPS) is 11.8. The van der Waals surface area contributed by atoms with Gasteiger partial charge in [0.1, 0.15) is 12.3 Å². The van der Waals surface area contributed by atoms with Gasteiger partial charge in [0.2, 0.25) is 0 Å². The first-order chi connectivity index (χ1) is 15.0. The quantitative estimate of drug-likeness (QED) is 0.405. The van der Waals surface area contributed by atoms with Crippen LogP contribution < -0.4 is 9.54 Å². The molecule has 0 aliphatic heterocycles. The molecule has 31 heavy (non-hydrogen) atoms. The van der Waals surface area contributed by atoms with E-state index in [-0.39, 0.29) is 13.2 Å². The van der Waals surface area contributed by atoms with E-state index in [2.05, 4.69) is 4.99 Å². The smallest absolute Gasteiger partial charge is 0.326 e. The molecule has 4 aromatic rings. The average molecular weight is 455 g/mol. The maximum atomic E-state index is 13.1. The molecular formula is C23H19ClN2O4S. The highest BCUT2D eigenvalue weighted by Gasteiger charge is 2.16. The van der Waals surface area contributed by atoms with E-state index in [1.54, 1.807) is 35.8 Å². The van der Waals surface area contributed by atoms with Gasteiger partial charge in [-0.15, -0.1) is 0 Å². The van der Waals surface area contributed by atoms with Crippen molar-refractivity contribution in [1.82, 2.24) is 4.57 Å². The van der Waals surface area contributed by atoms with Crippen molar-refractivity contribution < 1.29 is 19.1 Å². The molecule has 0 bridgehead atoms. The summed E-state index contributed by atoms with van der Waals surface area (Å²) in [5, 5.41) is 2.43. The predicted molar refractivity (Wildman–Crippen MR) is 122 cm³/mol. The Morgan fingerprint density at radius 2 is 1.84 bits per heavy atom. The highest BCUT2D eigenvalue weighted by Crippen LogP contribution is 2.27. The topological polar surface area (TPSA) is 69.9 Å². The van der Waals surface area contributed by atoms with Crippen LogP contribution >= 0.6 is 22.9 Å². The lowest BCUT2D eigenvalue weighted by Gasteiger charge is -2.08. The van der Waals surface area contributed by atoms with Crippen LogP contribution in [0, 0.1) is 0 Å².